The fraction of sp³-hybridized carbons (Fsp3) is 0.727. The highest BCUT2D eigenvalue weighted by molar-refractivity contribution is 7.89. The molecule has 18 heavy (non-hydrogen) atoms. The van der Waals surface area contributed by atoms with Crippen LogP contribution in [0.4, 0.5) is 0 Å². The van der Waals surface area contributed by atoms with Gasteiger partial charge in [-0.3, -0.25) is 0 Å². The van der Waals surface area contributed by atoms with Crippen molar-refractivity contribution in [3.05, 3.63) is 18.2 Å². The minimum atomic E-state index is -3.24. The largest absolute Gasteiger partial charge is 0.347 e. The summed E-state index contributed by atoms with van der Waals surface area (Å²) in [6.45, 7) is 2.77. The van der Waals surface area contributed by atoms with Crippen LogP contribution < -0.4 is 10.0 Å². The Morgan fingerprint density at radius 1 is 1.44 bits per heavy atom. The molecule has 0 fully saturated rings. The normalized spacial score (nSPS) is 13.7. The van der Waals surface area contributed by atoms with E-state index in [1.807, 2.05) is 14.0 Å². The zero-order chi connectivity index (χ0) is 13.4. The quantitative estimate of drug-likeness (QED) is 0.581. The molecule has 1 aromatic rings. The first kappa shape index (κ1) is 15.1. The van der Waals surface area contributed by atoms with Gasteiger partial charge in [-0.15, -0.1) is 0 Å². The Balaban J connectivity index is 2.48. The number of sulfonamides is 1. The Hall–Kier alpha value is -0.920. The van der Waals surface area contributed by atoms with Crippen molar-refractivity contribution in [1.82, 2.24) is 20.0 Å². The van der Waals surface area contributed by atoms with E-state index in [-0.39, 0.29) is 11.8 Å². The second-order valence-corrected chi connectivity index (χ2v) is 6.06. The van der Waals surface area contributed by atoms with Gasteiger partial charge in [-0.05, 0) is 32.9 Å². The van der Waals surface area contributed by atoms with E-state index in [0.717, 1.165) is 13.0 Å². The van der Waals surface area contributed by atoms with Crippen LogP contribution in [0.25, 0.3) is 0 Å². The van der Waals surface area contributed by atoms with Crippen LogP contribution in [0.15, 0.2) is 12.4 Å². The summed E-state index contributed by atoms with van der Waals surface area (Å²) in [4.78, 5) is 7.03. The third kappa shape index (κ3) is 5.16. The minimum Gasteiger partial charge on any atom is -0.347 e. The Morgan fingerprint density at radius 3 is 2.78 bits per heavy atom. The standard InChI is InChI=1S/C11H22N4O2S/c1-3-10(11-13-7-8-14-11)15-18(16,17)9-5-4-6-12-2/h7-8,10,12,15H,3-6,9H2,1-2H3,(H,13,14). The topological polar surface area (TPSA) is 86.9 Å². The molecular weight excluding hydrogens is 252 g/mol. The summed E-state index contributed by atoms with van der Waals surface area (Å²) in [5.74, 6) is 0.822. The van der Waals surface area contributed by atoms with E-state index in [1.165, 1.54) is 0 Å². The van der Waals surface area contributed by atoms with Crippen molar-refractivity contribution in [3.63, 3.8) is 0 Å². The maximum absolute atomic E-state index is 11.9. The average molecular weight is 274 g/mol. The maximum Gasteiger partial charge on any atom is 0.212 e. The highest BCUT2D eigenvalue weighted by Crippen LogP contribution is 2.13. The summed E-state index contributed by atoms with van der Waals surface area (Å²) in [5, 5.41) is 3.00. The molecule has 1 heterocycles. The number of H-pyrrole nitrogens is 1. The molecule has 1 unspecified atom stereocenters. The van der Waals surface area contributed by atoms with E-state index in [1.54, 1.807) is 12.4 Å². The number of nitrogens with zero attached hydrogens (tertiary/aromatic N) is 1. The first-order valence-corrected chi connectivity index (χ1v) is 7.88. The molecule has 0 bridgehead atoms. The fourth-order valence-electron chi connectivity index (χ4n) is 1.67. The fourth-order valence-corrected chi connectivity index (χ4v) is 3.08. The predicted molar refractivity (Wildman–Crippen MR) is 71.7 cm³/mol. The molecule has 0 aliphatic heterocycles. The van der Waals surface area contributed by atoms with Crippen LogP contribution in [-0.4, -0.2) is 37.7 Å². The van der Waals surface area contributed by atoms with E-state index in [2.05, 4.69) is 20.0 Å². The Labute approximate surface area is 109 Å². The van der Waals surface area contributed by atoms with Gasteiger partial charge in [0.05, 0.1) is 11.8 Å². The smallest absolute Gasteiger partial charge is 0.212 e. The third-order valence-electron chi connectivity index (χ3n) is 2.67. The molecule has 1 atom stereocenters. The van der Waals surface area contributed by atoms with Crippen molar-refractivity contribution in [2.45, 2.75) is 32.2 Å². The number of hydrogen-bond donors (Lipinski definition) is 3. The molecule has 0 aliphatic carbocycles. The lowest BCUT2D eigenvalue weighted by Gasteiger charge is -2.14. The second-order valence-electron chi connectivity index (χ2n) is 4.18. The van der Waals surface area contributed by atoms with Crippen LogP contribution in [0, 0.1) is 0 Å². The van der Waals surface area contributed by atoms with Gasteiger partial charge in [0.2, 0.25) is 10.0 Å². The predicted octanol–water partition coefficient (Wildman–Crippen LogP) is 0.780. The summed E-state index contributed by atoms with van der Waals surface area (Å²) >= 11 is 0. The molecular formula is C11H22N4O2S. The number of aromatic nitrogens is 2. The second kappa shape index (κ2) is 7.50. The maximum atomic E-state index is 11.9. The third-order valence-corrected chi connectivity index (χ3v) is 4.14. The number of nitrogens with one attached hydrogen (secondary N) is 3. The van der Waals surface area contributed by atoms with Crippen LogP contribution in [0.2, 0.25) is 0 Å². The van der Waals surface area contributed by atoms with Crippen molar-refractivity contribution in [1.29, 1.82) is 0 Å². The van der Waals surface area contributed by atoms with Crippen molar-refractivity contribution in [2.75, 3.05) is 19.3 Å². The summed E-state index contributed by atoms with van der Waals surface area (Å²) in [5.41, 5.74) is 0. The molecule has 7 heteroatoms. The molecule has 104 valence electrons. The molecule has 0 amide bonds. The van der Waals surface area contributed by atoms with Crippen LogP contribution in [0.3, 0.4) is 0 Å². The van der Waals surface area contributed by atoms with Gasteiger partial charge in [0.1, 0.15) is 5.82 Å². The van der Waals surface area contributed by atoms with Crippen LogP contribution >= 0.6 is 0 Å². The first-order valence-electron chi connectivity index (χ1n) is 6.23. The summed E-state index contributed by atoms with van der Waals surface area (Å²) < 4.78 is 26.5. The van der Waals surface area contributed by atoms with E-state index < -0.39 is 10.0 Å². The van der Waals surface area contributed by atoms with Crippen molar-refractivity contribution in [2.24, 2.45) is 0 Å². The number of unbranched alkanes of at least 4 members (excludes halogenated alkanes) is 1. The van der Waals surface area contributed by atoms with Gasteiger partial charge in [-0.25, -0.2) is 18.1 Å². The lowest BCUT2D eigenvalue weighted by molar-refractivity contribution is 0.536. The number of imidazole rings is 1. The molecule has 0 aromatic carbocycles. The summed E-state index contributed by atoms with van der Waals surface area (Å²) in [6, 6.07) is -0.269. The highest BCUT2D eigenvalue weighted by Gasteiger charge is 2.19. The van der Waals surface area contributed by atoms with Crippen molar-refractivity contribution in [3.8, 4) is 0 Å². The van der Waals surface area contributed by atoms with Gasteiger partial charge in [0.15, 0.2) is 0 Å². The molecule has 1 aromatic heterocycles. The molecule has 0 saturated carbocycles. The van der Waals surface area contributed by atoms with Crippen molar-refractivity contribution >= 4 is 10.0 Å². The zero-order valence-electron chi connectivity index (χ0n) is 10.9. The minimum absolute atomic E-state index is 0.159. The molecule has 0 saturated heterocycles. The summed E-state index contributed by atoms with van der Waals surface area (Å²) in [7, 11) is -1.38. The lowest BCUT2D eigenvalue weighted by Crippen LogP contribution is -2.31. The van der Waals surface area contributed by atoms with Crippen LogP contribution in [-0.2, 0) is 10.0 Å². The van der Waals surface area contributed by atoms with E-state index in [0.29, 0.717) is 18.7 Å². The molecule has 3 N–H and O–H groups in total. The first-order chi connectivity index (χ1) is 8.59. The van der Waals surface area contributed by atoms with Crippen molar-refractivity contribution < 1.29 is 8.42 Å². The van der Waals surface area contributed by atoms with Gasteiger partial charge < -0.3 is 10.3 Å². The SMILES string of the molecule is CCC(NS(=O)(=O)CCCCNC)c1ncc[nH]1. The highest BCUT2D eigenvalue weighted by atomic mass is 32.2. The van der Waals surface area contributed by atoms with E-state index >= 15 is 0 Å². The van der Waals surface area contributed by atoms with E-state index in [4.69, 9.17) is 0 Å². The number of hydrogen-bond acceptors (Lipinski definition) is 4. The molecule has 1 rings (SSSR count). The summed E-state index contributed by atoms with van der Waals surface area (Å²) in [6.07, 6.45) is 5.50. The van der Waals surface area contributed by atoms with E-state index in [9.17, 15) is 8.42 Å². The number of aromatic amines is 1. The Kier molecular flexibility index (Phi) is 6.31. The Morgan fingerprint density at radius 2 is 2.22 bits per heavy atom. The monoisotopic (exact) mass is 274 g/mol. The zero-order valence-corrected chi connectivity index (χ0v) is 11.8. The molecule has 0 radical (unpaired) electrons. The number of rotatable bonds is 9. The molecule has 0 aliphatic rings. The van der Waals surface area contributed by atoms with Gasteiger partial charge in [-0.1, -0.05) is 6.92 Å². The van der Waals surface area contributed by atoms with Gasteiger partial charge in [-0.2, -0.15) is 0 Å². The van der Waals surface area contributed by atoms with Crippen LogP contribution in [0.5, 0.6) is 0 Å². The molecule has 6 nitrogen and oxygen atoms in total. The Bertz CT molecular complexity index is 416. The van der Waals surface area contributed by atoms with Gasteiger partial charge >= 0.3 is 0 Å². The lowest BCUT2D eigenvalue weighted by atomic mass is 10.2. The van der Waals surface area contributed by atoms with Gasteiger partial charge in [0.25, 0.3) is 0 Å². The van der Waals surface area contributed by atoms with Crippen LogP contribution in [0.1, 0.15) is 38.1 Å². The van der Waals surface area contributed by atoms with Gasteiger partial charge in [0, 0.05) is 12.4 Å². The molecule has 0 spiro atoms. The average Bonchev–Trinajstić information content (AvgIpc) is 2.85.